The van der Waals surface area contributed by atoms with Crippen molar-refractivity contribution >= 4 is 16.5 Å². The Morgan fingerprint density at radius 2 is 1.37 bits per heavy atom. The van der Waals surface area contributed by atoms with Gasteiger partial charge < -0.3 is 5.32 Å². The van der Waals surface area contributed by atoms with E-state index in [1.165, 1.54) is 44.3 Å². The van der Waals surface area contributed by atoms with E-state index >= 15 is 0 Å². The first-order valence-electron chi connectivity index (χ1n) is 9.60. The summed E-state index contributed by atoms with van der Waals surface area (Å²) in [5.74, 6) is 0. The molecule has 0 spiro atoms. The van der Waals surface area contributed by atoms with Crippen LogP contribution >= 0.6 is 0 Å². The second kappa shape index (κ2) is 5.99. The van der Waals surface area contributed by atoms with E-state index < -0.39 is 0 Å². The third-order valence-corrected chi connectivity index (χ3v) is 5.91. The summed E-state index contributed by atoms with van der Waals surface area (Å²) in [4.78, 5) is 0. The fourth-order valence-electron chi connectivity index (χ4n) is 4.49. The summed E-state index contributed by atoms with van der Waals surface area (Å²) in [6, 6.07) is 30.6. The van der Waals surface area contributed by atoms with Crippen LogP contribution in [0.5, 0.6) is 0 Å². The Bertz CT molecular complexity index is 1140. The smallest absolute Gasteiger partial charge is 0.0426 e. The lowest BCUT2D eigenvalue weighted by atomic mass is 9.81. The van der Waals surface area contributed by atoms with Crippen molar-refractivity contribution in [2.24, 2.45) is 0 Å². The lowest BCUT2D eigenvalue weighted by molar-refractivity contribution is 0.661. The lowest BCUT2D eigenvalue weighted by Crippen LogP contribution is -2.15. The van der Waals surface area contributed by atoms with Gasteiger partial charge in [0, 0.05) is 23.0 Å². The number of fused-ring (bicyclic) bond motifs is 5. The largest absolute Gasteiger partial charge is 0.380 e. The molecule has 0 bridgehead atoms. The number of hydrogen-bond acceptors (Lipinski definition) is 1. The minimum Gasteiger partial charge on any atom is -0.380 e. The third kappa shape index (κ3) is 2.46. The van der Waals surface area contributed by atoms with E-state index in [2.05, 4.69) is 104 Å². The molecule has 0 saturated heterocycles. The first-order valence-corrected chi connectivity index (χ1v) is 9.60. The summed E-state index contributed by atoms with van der Waals surface area (Å²) in [5.41, 5.74) is 8.14. The molecule has 0 aromatic heterocycles. The molecule has 0 heterocycles. The average molecular weight is 349 g/mol. The fraction of sp³-hybridized carbons (Fsp3) is 0.154. The summed E-state index contributed by atoms with van der Waals surface area (Å²) >= 11 is 0. The van der Waals surface area contributed by atoms with Crippen LogP contribution in [0.15, 0.2) is 84.9 Å². The first kappa shape index (κ1) is 16.1. The van der Waals surface area contributed by atoms with Gasteiger partial charge in [0.05, 0.1) is 0 Å². The Kier molecular flexibility index (Phi) is 3.58. The van der Waals surface area contributed by atoms with Crippen LogP contribution in [0.3, 0.4) is 0 Å². The molecule has 1 N–H and O–H groups in total. The van der Waals surface area contributed by atoms with E-state index in [0.717, 1.165) is 6.54 Å². The molecule has 0 amide bonds. The molecular formula is C26H23N. The van der Waals surface area contributed by atoms with E-state index in [1.807, 2.05) is 0 Å². The topological polar surface area (TPSA) is 12.0 Å². The lowest BCUT2D eigenvalue weighted by Gasteiger charge is -2.23. The van der Waals surface area contributed by atoms with Crippen LogP contribution in [0.4, 0.5) is 5.69 Å². The van der Waals surface area contributed by atoms with Crippen LogP contribution < -0.4 is 5.32 Å². The van der Waals surface area contributed by atoms with Crippen LogP contribution in [-0.2, 0) is 12.0 Å². The fourth-order valence-corrected chi connectivity index (χ4v) is 4.49. The van der Waals surface area contributed by atoms with Crippen LogP contribution in [0, 0.1) is 0 Å². The predicted octanol–water partition coefficient (Wildman–Crippen LogP) is 6.76. The molecule has 1 aliphatic rings. The van der Waals surface area contributed by atoms with Gasteiger partial charge in [-0.3, -0.25) is 0 Å². The van der Waals surface area contributed by atoms with Crippen molar-refractivity contribution in [3.63, 3.8) is 0 Å². The van der Waals surface area contributed by atoms with Gasteiger partial charge in [-0.15, -0.1) is 0 Å². The Labute approximate surface area is 160 Å². The normalized spacial score (nSPS) is 14.0. The van der Waals surface area contributed by atoms with Crippen molar-refractivity contribution in [1.82, 2.24) is 0 Å². The Morgan fingerprint density at radius 3 is 2.19 bits per heavy atom. The zero-order valence-corrected chi connectivity index (χ0v) is 15.8. The maximum absolute atomic E-state index is 3.70. The molecule has 1 aliphatic carbocycles. The van der Waals surface area contributed by atoms with Crippen LogP contribution in [-0.4, -0.2) is 0 Å². The van der Waals surface area contributed by atoms with E-state index in [0.29, 0.717) is 0 Å². The van der Waals surface area contributed by atoms with Crippen LogP contribution in [0.2, 0.25) is 0 Å². The van der Waals surface area contributed by atoms with Gasteiger partial charge in [0.15, 0.2) is 0 Å². The third-order valence-electron chi connectivity index (χ3n) is 5.91. The molecule has 27 heavy (non-hydrogen) atoms. The molecule has 0 unspecified atom stereocenters. The summed E-state index contributed by atoms with van der Waals surface area (Å²) in [6.07, 6.45) is 0. The number of hydrogen-bond donors (Lipinski definition) is 1. The Balaban J connectivity index is 1.70. The minimum absolute atomic E-state index is 0.0130. The van der Waals surface area contributed by atoms with Gasteiger partial charge in [-0.1, -0.05) is 92.7 Å². The van der Waals surface area contributed by atoms with Gasteiger partial charge in [0.2, 0.25) is 0 Å². The molecule has 1 nitrogen and oxygen atoms in total. The quantitative estimate of drug-likeness (QED) is 0.431. The molecule has 0 fully saturated rings. The average Bonchev–Trinajstić information content (AvgIpc) is 2.94. The molecule has 4 aromatic rings. The minimum atomic E-state index is 0.0130. The molecule has 4 aromatic carbocycles. The summed E-state index contributed by atoms with van der Waals surface area (Å²) < 4.78 is 0. The van der Waals surface area contributed by atoms with E-state index in [1.54, 1.807) is 0 Å². The molecule has 0 atom stereocenters. The van der Waals surface area contributed by atoms with E-state index in [9.17, 15) is 0 Å². The van der Waals surface area contributed by atoms with Crippen molar-refractivity contribution in [2.75, 3.05) is 5.32 Å². The summed E-state index contributed by atoms with van der Waals surface area (Å²) in [5, 5.41) is 6.33. The van der Waals surface area contributed by atoms with Crippen molar-refractivity contribution in [3.05, 3.63) is 102 Å². The molecule has 0 radical (unpaired) electrons. The SMILES string of the molecule is CC1(C)c2ccccc2-c2c1cc(NCc1ccccc1)c1ccccc21. The molecule has 132 valence electrons. The maximum atomic E-state index is 3.70. The molecule has 0 saturated carbocycles. The highest BCUT2D eigenvalue weighted by Gasteiger charge is 2.36. The summed E-state index contributed by atoms with van der Waals surface area (Å²) in [7, 11) is 0. The van der Waals surface area contributed by atoms with Crippen LogP contribution in [0.25, 0.3) is 21.9 Å². The highest BCUT2D eigenvalue weighted by atomic mass is 14.9. The highest BCUT2D eigenvalue weighted by molar-refractivity contribution is 6.07. The predicted molar refractivity (Wildman–Crippen MR) is 115 cm³/mol. The zero-order valence-electron chi connectivity index (χ0n) is 15.8. The van der Waals surface area contributed by atoms with Gasteiger partial charge in [-0.05, 0) is 39.3 Å². The number of rotatable bonds is 3. The zero-order chi connectivity index (χ0) is 18.4. The monoisotopic (exact) mass is 349 g/mol. The second-order valence-electron chi connectivity index (χ2n) is 7.90. The van der Waals surface area contributed by atoms with Gasteiger partial charge in [0.1, 0.15) is 0 Å². The van der Waals surface area contributed by atoms with Gasteiger partial charge in [0.25, 0.3) is 0 Å². The van der Waals surface area contributed by atoms with Crippen LogP contribution in [0.1, 0.15) is 30.5 Å². The molecule has 1 heteroatoms. The summed E-state index contributed by atoms with van der Waals surface area (Å²) in [6.45, 7) is 5.51. The number of anilines is 1. The number of benzene rings is 4. The van der Waals surface area contributed by atoms with Gasteiger partial charge in [-0.25, -0.2) is 0 Å². The van der Waals surface area contributed by atoms with Crippen molar-refractivity contribution in [3.8, 4) is 11.1 Å². The number of nitrogens with one attached hydrogen (secondary N) is 1. The standard InChI is InChI=1S/C26H23N/c1-26(2)22-15-9-8-14-21(22)25-20-13-7-6-12-19(20)24(16-23(25)26)27-17-18-10-4-3-5-11-18/h3-16,27H,17H2,1-2H3. The van der Waals surface area contributed by atoms with Gasteiger partial charge >= 0.3 is 0 Å². The molecule has 0 aliphatic heterocycles. The van der Waals surface area contributed by atoms with Crippen molar-refractivity contribution in [2.45, 2.75) is 25.8 Å². The van der Waals surface area contributed by atoms with E-state index in [-0.39, 0.29) is 5.41 Å². The maximum Gasteiger partial charge on any atom is 0.0426 e. The Morgan fingerprint density at radius 1 is 0.704 bits per heavy atom. The highest BCUT2D eigenvalue weighted by Crippen LogP contribution is 2.52. The molecule has 5 rings (SSSR count). The second-order valence-corrected chi connectivity index (χ2v) is 7.90. The van der Waals surface area contributed by atoms with Crippen molar-refractivity contribution in [1.29, 1.82) is 0 Å². The van der Waals surface area contributed by atoms with Crippen molar-refractivity contribution < 1.29 is 0 Å². The van der Waals surface area contributed by atoms with Gasteiger partial charge in [-0.2, -0.15) is 0 Å². The first-order chi connectivity index (χ1) is 13.2. The molecular weight excluding hydrogens is 326 g/mol. The van der Waals surface area contributed by atoms with E-state index in [4.69, 9.17) is 0 Å². The Hall–Kier alpha value is -3.06.